The van der Waals surface area contributed by atoms with Crippen LogP contribution in [-0.2, 0) is 9.47 Å². The Bertz CT molecular complexity index is 898. The molecule has 1 aromatic carbocycles. The molecule has 0 aliphatic carbocycles. The highest BCUT2D eigenvalue weighted by Gasteiger charge is 2.19. The zero-order valence-electron chi connectivity index (χ0n) is 17.6. The number of anilines is 3. The topological polar surface area (TPSA) is 116 Å². The Morgan fingerprint density at radius 3 is 2.07 bits per heavy atom. The average molecular weight is 400 g/mol. The zero-order chi connectivity index (χ0) is 21.8. The van der Waals surface area contributed by atoms with Crippen molar-refractivity contribution < 1.29 is 19.1 Å². The predicted molar refractivity (Wildman–Crippen MR) is 114 cm³/mol. The number of nitrogens with zero attached hydrogens (tertiary/aromatic N) is 1. The van der Waals surface area contributed by atoms with Crippen LogP contribution in [0.5, 0.6) is 0 Å². The van der Waals surface area contributed by atoms with Crippen LogP contribution in [0.4, 0.5) is 26.7 Å². The fourth-order valence-electron chi connectivity index (χ4n) is 2.40. The van der Waals surface area contributed by atoms with Crippen LogP contribution in [0, 0.1) is 0 Å². The van der Waals surface area contributed by atoms with Crippen molar-refractivity contribution in [2.45, 2.75) is 52.7 Å². The summed E-state index contributed by atoms with van der Waals surface area (Å²) in [5.41, 5.74) is 7.44. The second kappa shape index (κ2) is 8.38. The summed E-state index contributed by atoms with van der Waals surface area (Å²) in [5.74, 6) is 0. The molecule has 0 saturated heterocycles. The molecule has 1 heterocycles. The molecule has 0 radical (unpaired) electrons. The third kappa shape index (κ3) is 7.33. The highest BCUT2D eigenvalue weighted by molar-refractivity contribution is 5.93. The van der Waals surface area contributed by atoms with Crippen LogP contribution in [0.25, 0.3) is 11.1 Å². The van der Waals surface area contributed by atoms with Gasteiger partial charge < -0.3 is 15.2 Å². The minimum atomic E-state index is -0.628. The van der Waals surface area contributed by atoms with Gasteiger partial charge in [0.05, 0.1) is 17.6 Å². The van der Waals surface area contributed by atoms with Crippen molar-refractivity contribution in [3.05, 3.63) is 36.7 Å². The monoisotopic (exact) mass is 400 g/mol. The molecular formula is C21H28N4O4. The zero-order valence-corrected chi connectivity index (χ0v) is 17.6. The molecule has 29 heavy (non-hydrogen) atoms. The quantitative estimate of drug-likeness (QED) is 0.623. The van der Waals surface area contributed by atoms with Crippen LogP contribution < -0.4 is 16.4 Å². The van der Waals surface area contributed by atoms with E-state index in [9.17, 15) is 9.59 Å². The number of nitrogens with two attached hydrogens (primary N) is 1. The van der Waals surface area contributed by atoms with Gasteiger partial charge in [0.2, 0.25) is 0 Å². The van der Waals surface area contributed by atoms with E-state index in [0.29, 0.717) is 28.2 Å². The number of amides is 2. The second-order valence-electron chi connectivity index (χ2n) is 8.52. The summed E-state index contributed by atoms with van der Waals surface area (Å²) in [4.78, 5) is 28.4. The lowest BCUT2D eigenvalue weighted by molar-refractivity contribution is 0.0624. The van der Waals surface area contributed by atoms with E-state index in [0.717, 1.165) is 0 Å². The van der Waals surface area contributed by atoms with Crippen molar-refractivity contribution in [2.75, 3.05) is 16.4 Å². The maximum Gasteiger partial charge on any atom is 0.412 e. The van der Waals surface area contributed by atoms with E-state index >= 15 is 0 Å². The molecule has 0 aliphatic heterocycles. The number of rotatable bonds is 3. The minimum Gasteiger partial charge on any atom is -0.444 e. The standard InChI is InChI=1S/C21H28N4O4/c1-20(2,3)28-18(26)24-15-9-13(11-23-12-15)16-10-14(22)7-8-17(16)25-19(27)29-21(4,5)6/h7-12H,22H2,1-6H3,(H,24,26)(H,25,27). The van der Waals surface area contributed by atoms with Crippen LogP contribution in [-0.4, -0.2) is 28.4 Å². The van der Waals surface area contributed by atoms with E-state index in [1.807, 2.05) is 0 Å². The highest BCUT2D eigenvalue weighted by atomic mass is 16.6. The minimum absolute atomic E-state index is 0.447. The SMILES string of the molecule is CC(C)(C)OC(=O)Nc1cncc(-c2cc(N)ccc2NC(=O)OC(C)(C)C)c1. The molecule has 0 spiro atoms. The van der Waals surface area contributed by atoms with Crippen molar-refractivity contribution >= 4 is 29.2 Å². The normalized spacial score (nSPS) is 11.5. The molecule has 156 valence electrons. The summed E-state index contributed by atoms with van der Waals surface area (Å²) in [6.45, 7) is 10.7. The van der Waals surface area contributed by atoms with Crippen LogP contribution in [0.15, 0.2) is 36.7 Å². The van der Waals surface area contributed by atoms with Crippen molar-refractivity contribution in [3.63, 3.8) is 0 Å². The summed E-state index contributed by atoms with van der Waals surface area (Å²) in [5, 5.41) is 5.38. The number of pyridine rings is 1. The number of carbonyl (C=O) groups is 2. The molecule has 0 aliphatic rings. The average Bonchev–Trinajstić information content (AvgIpc) is 2.53. The fourth-order valence-corrected chi connectivity index (χ4v) is 2.40. The van der Waals surface area contributed by atoms with E-state index < -0.39 is 23.4 Å². The molecule has 0 fully saturated rings. The molecule has 2 rings (SSSR count). The number of benzene rings is 1. The van der Waals surface area contributed by atoms with E-state index in [2.05, 4.69) is 15.6 Å². The Hall–Kier alpha value is -3.29. The molecular weight excluding hydrogens is 372 g/mol. The smallest absolute Gasteiger partial charge is 0.412 e. The number of carbonyl (C=O) groups excluding carboxylic acids is 2. The first-order chi connectivity index (χ1) is 13.3. The lowest BCUT2D eigenvalue weighted by Crippen LogP contribution is -2.27. The molecule has 4 N–H and O–H groups in total. The summed E-state index contributed by atoms with van der Waals surface area (Å²) >= 11 is 0. The number of aromatic nitrogens is 1. The molecule has 0 saturated carbocycles. The number of ether oxygens (including phenoxy) is 2. The van der Waals surface area contributed by atoms with Gasteiger partial charge in [-0.25, -0.2) is 9.59 Å². The first-order valence-corrected chi connectivity index (χ1v) is 9.17. The Kier molecular flexibility index (Phi) is 6.36. The Labute approximate surface area is 170 Å². The van der Waals surface area contributed by atoms with Gasteiger partial charge in [-0.15, -0.1) is 0 Å². The highest BCUT2D eigenvalue weighted by Crippen LogP contribution is 2.31. The van der Waals surface area contributed by atoms with Crippen molar-refractivity contribution in [1.82, 2.24) is 4.98 Å². The van der Waals surface area contributed by atoms with Crippen LogP contribution >= 0.6 is 0 Å². The molecule has 0 atom stereocenters. The molecule has 1 aromatic heterocycles. The third-order valence-corrected chi connectivity index (χ3v) is 3.37. The van der Waals surface area contributed by atoms with Crippen molar-refractivity contribution in [1.29, 1.82) is 0 Å². The van der Waals surface area contributed by atoms with E-state index in [-0.39, 0.29) is 0 Å². The summed E-state index contributed by atoms with van der Waals surface area (Å²) in [6, 6.07) is 6.78. The van der Waals surface area contributed by atoms with Gasteiger partial charge in [-0.3, -0.25) is 15.6 Å². The maximum absolute atomic E-state index is 12.2. The summed E-state index contributed by atoms with van der Waals surface area (Å²) < 4.78 is 10.6. The number of nitrogens with one attached hydrogen (secondary N) is 2. The summed E-state index contributed by atoms with van der Waals surface area (Å²) in [7, 11) is 0. The van der Waals surface area contributed by atoms with Gasteiger partial charge in [0.25, 0.3) is 0 Å². The Morgan fingerprint density at radius 1 is 0.897 bits per heavy atom. The summed E-state index contributed by atoms with van der Waals surface area (Å²) in [6.07, 6.45) is 1.94. The van der Waals surface area contributed by atoms with Crippen LogP contribution in [0.3, 0.4) is 0 Å². The van der Waals surface area contributed by atoms with Gasteiger partial charge >= 0.3 is 12.2 Å². The van der Waals surface area contributed by atoms with Gasteiger partial charge in [0, 0.05) is 23.0 Å². The lowest BCUT2D eigenvalue weighted by atomic mass is 10.0. The van der Waals surface area contributed by atoms with Gasteiger partial charge in [0.1, 0.15) is 11.2 Å². The third-order valence-electron chi connectivity index (χ3n) is 3.37. The van der Waals surface area contributed by atoms with E-state index in [1.165, 1.54) is 6.20 Å². The van der Waals surface area contributed by atoms with Gasteiger partial charge in [-0.1, -0.05) is 0 Å². The van der Waals surface area contributed by atoms with Gasteiger partial charge in [-0.05, 0) is 65.8 Å². The van der Waals surface area contributed by atoms with Crippen LogP contribution in [0.2, 0.25) is 0 Å². The molecule has 0 unspecified atom stereocenters. The van der Waals surface area contributed by atoms with Crippen molar-refractivity contribution in [3.8, 4) is 11.1 Å². The van der Waals surface area contributed by atoms with Gasteiger partial charge in [0.15, 0.2) is 0 Å². The van der Waals surface area contributed by atoms with E-state index in [4.69, 9.17) is 15.2 Å². The predicted octanol–water partition coefficient (Wildman–Crippen LogP) is 5.02. The molecule has 8 nitrogen and oxygen atoms in total. The maximum atomic E-state index is 12.2. The first-order valence-electron chi connectivity index (χ1n) is 9.17. The number of nitrogen functional groups attached to an aromatic ring is 1. The molecule has 2 aromatic rings. The first kappa shape index (κ1) is 22.0. The van der Waals surface area contributed by atoms with Crippen LogP contribution in [0.1, 0.15) is 41.5 Å². The Balaban J connectivity index is 2.29. The largest absolute Gasteiger partial charge is 0.444 e. The lowest BCUT2D eigenvalue weighted by Gasteiger charge is -2.21. The van der Waals surface area contributed by atoms with Crippen molar-refractivity contribution in [2.24, 2.45) is 0 Å². The Morgan fingerprint density at radius 2 is 1.48 bits per heavy atom. The van der Waals surface area contributed by atoms with Gasteiger partial charge in [-0.2, -0.15) is 0 Å². The number of hydrogen-bond donors (Lipinski definition) is 3. The second-order valence-corrected chi connectivity index (χ2v) is 8.52. The molecule has 2 amide bonds. The number of hydrogen-bond acceptors (Lipinski definition) is 6. The molecule has 0 bridgehead atoms. The fraction of sp³-hybridized carbons (Fsp3) is 0.381. The molecule has 8 heteroatoms. The van der Waals surface area contributed by atoms with E-state index in [1.54, 1.807) is 72.0 Å².